The summed E-state index contributed by atoms with van der Waals surface area (Å²) in [6.07, 6.45) is 0. The maximum absolute atomic E-state index is 12.6. The highest BCUT2D eigenvalue weighted by atomic mass is 32.2. The van der Waals surface area contributed by atoms with E-state index in [4.69, 9.17) is 0 Å². The number of fused-ring (bicyclic) bond motifs is 1. The highest BCUT2D eigenvalue weighted by Crippen LogP contribution is 2.23. The van der Waals surface area contributed by atoms with Crippen LogP contribution in [0.3, 0.4) is 0 Å². The second kappa shape index (κ2) is 6.03. The third-order valence-electron chi connectivity index (χ3n) is 3.18. The molecule has 23 heavy (non-hydrogen) atoms. The Morgan fingerprint density at radius 3 is 2.52 bits per heavy atom. The minimum Gasteiger partial charge on any atom is -0.548 e. The zero-order chi connectivity index (χ0) is 16.4. The van der Waals surface area contributed by atoms with Crippen molar-refractivity contribution in [1.29, 1.82) is 0 Å². The van der Waals surface area contributed by atoms with E-state index in [0.717, 1.165) is 11.7 Å². The van der Waals surface area contributed by atoms with Crippen molar-refractivity contribution in [3.05, 3.63) is 54.1 Å². The van der Waals surface area contributed by atoms with Crippen LogP contribution in [0.2, 0.25) is 0 Å². The number of rotatable bonds is 5. The summed E-state index contributed by atoms with van der Waals surface area (Å²) in [4.78, 5) is 11.2. The molecule has 7 nitrogen and oxygen atoms in total. The van der Waals surface area contributed by atoms with Crippen molar-refractivity contribution < 1.29 is 18.3 Å². The molecule has 1 aromatic heterocycles. The molecule has 0 aliphatic carbocycles. The van der Waals surface area contributed by atoms with Crippen LogP contribution in [-0.4, -0.2) is 23.1 Å². The van der Waals surface area contributed by atoms with Crippen molar-refractivity contribution in [1.82, 2.24) is 13.5 Å². The van der Waals surface area contributed by atoms with E-state index >= 15 is 0 Å². The second-order valence-electron chi connectivity index (χ2n) is 4.67. The van der Waals surface area contributed by atoms with Crippen LogP contribution < -0.4 is 9.83 Å². The van der Waals surface area contributed by atoms with Crippen LogP contribution in [0.1, 0.15) is 11.6 Å². The van der Waals surface area contributed by atoms with E-state index in [1.165, 1.54) is 24.3 Å². The van der Waals surface area contributed by atoms with Gasteiger partial charge in [-0.25, -0.2) is 8.42 Å². The first-order chi connectivity index (χ1) is 11.0. The molecule has 3 aromatic rings. The van der Waals surface area contributed by atoms with Crippen LogP contribution in [0.4, 0.5) is 0 Å². The summed E-state index contributed by atoms with van der Waals surface area (Å²) < 4.78 is 35.2. The Balaban J connectivity index is 2.03. The number of carbonyl (C=O) groups excluding carboxylic acids is 1. The lowest BCUT2D eigenvalue weighted by molar-refractivity contribution is -0.308. The predicted molar refractivity (Wildman–Crippen MR) is 81.9 cm³/mol. The molecule has 0 amide bonds. The summed E-state index contributed by atoms with van der Waals surface area (Å²) in [6.45, 7) is 0. The molecule has 0 bridgehead atoms. The van der Waals surface area contributed by atoms with Crippen LogP contribution in [0.5, 0.6) is 0 Å². The number of carbonyl (C=O) groups is 1. The van der Waals surface area contributed by atoms with Gasteiger partial charge in [0, 0.05) is 0 Å². The van der Waals surface area contributed by atoms with Crippen LogP contribution in [0.25, 0.3) is 11.0 Å². The minimum absolute atomic E-state index is 0.120. The Hall–Kier alpha value is -2.36. The van der Waals surface area contributed by atoms with E-state index in [0.29, 0.717) is 5.52 Å². The molecule has 0 spiro atoms. The molecule has 9 heteroatoms. The summed E-state index contributed by atoms with van der Waals surface area (Å²) in [7, 11) is -4.12. The number of hydrogen-bond acceptors (Lipinski definition) is 7. The molecule has 0 saturated heterocycles. The van der Waals surface area contributed by atoms with Crippen LogP contribution in [-0.2, 0) is 14.8 Å². The number of sulfonamides is 1. The van der Waals surface area contributed by atoms with Gasteiger partial charge in [-0.3, -0.25) is 0 Å². The number of benzene rings is 2. The number of aliphatic carboxylic acids is 1. The van der Waals surface area contributed by atoms with Crippen molar-refractivity contribution in [2.24, 2.45) is 0 Å². The topological polar surface area (TPSA) is 112 Å². The highest BCUT2D eigenvalue weighted by Gasteiger charge is 2.25. The molecule has 118 valence electrons. The maximum Gasteiger partial charge on any atom is 0.243 e. The minimum atomic E-state index is -4.12. The fraction of sp³-hybridized carbons (Fsp3) is 0.0714. The molecule has 3 rings (SSSR count). The fourth-order valence-corrected chi connectivity index (χ4v) is 4.05. The molecule has 0 aliphatic heterocycles. The normalized spacial score (nSPS) is 13.0. The number of nitrogens with one attached hydrogen (secondary N) is 1. The lowest BCUT2D eigenvalue weighted by Gasteiger charge is -2.20. The quantitative estimate of drug-likeness (QED) is 0.717. The van der Waals surface area contributed by atoms with Crippen LogP contribution >= 0.6 is 11.7 Å². The van der Waals surface area contributed by atoms with E-state index < -0.39 is 22.0 Å². The zero-order valence-corrected chi connectivity index (χ0v) is 13.2. The van der Waals surface area contributed by atoms with Gasteiger partial charge in [-0.15, -0.1) is 0 Å². The van der Waals surface area contributed by atoms with Crippen molar-refractivity contribution in [2.75, 3.05) is 0 Å². The third kappa shape index (κ3) is 3.07. The smallest absolute Gasteiger partial charge is 0.243 e. The number of aromatic nitrogens is 2. The van der Waals surface area contributed by atoms with Gasteiger partial charge in [-0.1, -0.05) is 36.4 Å². The van der Waals surface area contributed by atoms with Crippen molar-refractivity contribution in [2.45, 2.75) is 10.9 Å². The molecule has 1 N–H and O–H groups in total. The van der Waals surface area contributed by atoms with Gasteiger partial charge in [0.15, 0.2) is 0 Å². The van der Waals surface area contributed by atoms with E-state index in [-0.39, 0.29) is 16.0 Å². The number of carboxylic acid groups (broad SMARTS) is 1. The summed E-state index contributed by atoms with van der Waals surface area (Å²) in [5.41, 5.74) is 0.914. The summed E-state index contributed by atoms with van der Waals surface area (Å²) in [6, 6.07) is 11.0. The maximum atomic E-state index is 12.6. The monoisotopic (exact) mass is 348 g/mol. The summed E-state index contributed by atoms with van der Waals surface area (Å²) in [5, 5.41) is 11.4. The summed E-state index contributed by atoms with van der Waals surface area (Å²) in [5.74, 6) is -1.54. The molecule has 0 fully saturated rings. The Morgan fingerprint density at radius 1 is 1.09 bits per heavy atom. The first-order valence-corrected chi connectivity index (χ1v) is 8.70. The van der Waals surface area contributed by atoms with Gasteiger partial charge in [0.25, 0.3) is 0 Å². The SMILES string of the molecule is O=C([O-])[C@H](NS(=O)(=O)c1cccc2nsnc12)c1ccccc1. The van der Waals surface area contributed by atoms with E-state index in [1.807, 2.05) is 0 Å². The molecule has 0 radical (unpaired) electrons. The van der Waals surface area contributed by atoms with Crippen molar-refractivity contribution in [3.63, 3.8) is 0 Å². The second-order valence-corrected chi connectivity index (χ2v) is 6.88. The van der Waals surface area contributed by atoms with Gasteiger partial charge in [-0.2, -0.15) is 13.5 Å². The highest BCUT2D eigenvalue weighted by molar-refractivity contribution is 7.89. The first-order valence-electron chi connectivity index (χ1n) is 6.48. The van der Waals surface area contributed by atoms with Gasteiger partial charge in [0.2, 0.25) is 10.0 Å². The average Bonchev–Trinajstić information content (AvgIpc) is 3.01. The number of carboxylic acids is 1. The van der Waals surface area contributed by atoms with Gasteiger partial charge in [0.1, 0.15) is 15.9 Å². The van der Waals surface area contributed by atoms with Crippen LogP contribution in [0.15, 0.2) is 53.4 Å². The van der Waals surface area contributed by atoms with Gasteiger partial charge in [-0.05, 0) is 17.7 Å². The van der Waals surface area contributed by atoms with Crippen molar-refractivity contribution in [3.8, 4) is 0 Å². The molecular weight excluding hydrogens is 338 g/mol. The Bertz CT molecular complexity index is 954. The molecule has 0 aliphatic rings. The molecule has 1 atom stereocenters. The molecule has 2 aromatic carbocycles. The fourth-order valence-electron chi connectivity index (χ4n) is 2.11. The summed E-state index contributed by atoms with van der Waals surface area (Å²) >= 11 is 0.884. The predicted octanol–water partition coefficient (Wildman–Crippen LogP) is 0.461. The molecule has 1 heterocycles. The zero-order valence-electron chi connectivity index (χ0n) is 11.5. The Labute approximate surface area is 136 Å². The lowest BCUT2D eigenvalue weighted by atomic mass is 10.1. The van der Waals surface area contributed by atoms with Gasteiger partial charge >= 0.3 is 0 Å². The van der Waals surface area contributed by atoms with E-state index in [2.05, 4.69) is 13.5 Å². The number of hydrogen-bond donors (Lipinski definition) is 1. The van der Waals surface area contributed by atoms with Crippen LogP contribution in [0, 0.1) is 0 Å². The standard InChI is InChI=1S/C14H11N3O4S2/c18-14(19)12(9-5-2-1-3-6-9)17-23(20,21)11-8-4-7-10-13(11)16-22-15-10/h1-8,12,17H,(H,18,19)/p-1/t12-/m1/s1. The van der Waals surface area contributed by atoms with E-state index in [9.17, 15) is 18.3 Å². The Kier molecular flexibility index (Phi) is 4.07. The largest absolute Gasteiger partial charge is 0.548 e. The molecular formula is C14H10N3O4S2-. The molecule has 0 unspecified atom stereocenters. The van der Waals surface area contributed by atoms with Crippen molar-refractivity contribution >= 4 is 38.8 Å². The lowest BCUT2D eigenvalue weighted by Crippen LogP contribution is -2.41. The third-order valence-corrected chi connectivity index (χ3v) is 5.18. The average molecular weight is 348 g/mol. The number of nitrogens with zero attached hydrogens (tertiary/aromatic N) is 2. The Morgan fingerprint density at radius 2 is 1.83 bits per heavy atom. The first kappa shape index (κ1) is 15.5. The van der Waals surface area contributed by atoms with E-state index in [1.54, 1.807) is 24.3 Å². The van der Waals surface area contributed by atoms with Gasteiger partial charge < -0.3 is 9.90 Å². The molecule has 0 saturated carbocycles. The van der Waals surface area contributed by atoms with Gasteiger partial charge in [0.05, 0.1) is 23.7 Å².